The molecule has 0 bridgehead atoms. The van der Waals surface area contributed by atoms with Crippen molar-refractivity contribution >= 4 is 41.6 Å². The molecule has 3 aromatic carbocycles. The monoisotopic (exact) mass is 698 g/mol. The highest BCUT2D eigenvalue weighted by atomic mass is 16.4. The third-order valence-corrected chi connectivity index (χ3v) is 8.10. The highest BCUT2D eigenvalue weighted by Gasteiger charge is 2.45. The Hall–Kier alpha value is -6.25. The van der Waals surface area contributed by atoms with Gasteiger partial charge in [0, 0.05) is 19.6 Å². The van der Waals surface area contributed by atoms with E-state index in [2.05, 4.69) is 20.9 Å². The van der Waals surface area contributed by atoms with Crippen LogP contribution in [0.4, 0.5) is 4.79 Å². The van der Waals surface area contributed by atoms with Crippen molar-refractivity contribution in [2.75, 3.05) is 19.6 Å². The van der Waals surface area contributed by atoms with Crippen LogP contribution in [-0.2, 0) is 36.9 Å². The molecule has 15 nitrogen and oxygen atoms in total. The third-order valence-electron chi connectivity index (χ3n) is 8.10. The van der Waals surface area contributed by atoms with Gasteiger partial charge in [0.15, 0.2) is 5.96 Å². The van der Waals surface area contributed by atoms with Gasteiger partial charge in [0.2, 0.25) is 17.7 Å². The second-order valence-corrected chi connectivity index (χ2v) is 11.9. The molecule has 1 aliphatic rings. The number of benzene rings is 3. The molecule has 3 atom stereocenters. The summed E-state index contributed by atoms with van der Waals surface area (Å²) in [5, 5.41) is 17.3. The van der Waals surface area contributed by atoms with E-state index in [0.717, 1.165) is 16.0 Å². The first-order valence-electron chi connectivity index (χ1n) is 16.4. The summed E-state index contributed by atoms with van der Waals surface area (Å²) >= 11 is 0. The fraction of sp³-hybridized carbons (Fsp3) is 0.306. The van der Waals surface area contributed by atoms with Gasteiger partial charge in [-0.3, -0.25) is 33.9 Å². The van der Waals surface area contributed by atoms with Crippen molar-refractivity contribution < 1.29 is 33.9 Å². The highest BCUT2D eigenvalue weighted by Crippen LogP contribution is 2.24. The van der Waals surface area contributed by atoms with Gasteiger partial charge in [0.1, 0.15) is 24.7 Å². The number of nitrogens with zero attached hydrogens (tertiary/aromatic N) is 3. The lowest BCUT2D eigenvalue weighted by atomic mass is 10.0. The smallest absolute Gasteiger partial charge is 0.328 e. The summed E-state index contributed by atoms with van der Waals surface area (Å²) in [6.07, 6.45) is 0.290. The zero-order valence-electron chi connectivity index (χ0n) is 27.9. The standard InChI is InChI=1S/C36H42N8O7/c37-35(38)40-19-10-17-28-34(50)44(36(51)43(28)22-25-13-6-2-7-14-25)23-29(45)41-27(21-30(46)47)32(48)42-31(26-15-8-3-9-16-26)33(49)39-20-18-24-11-4-1-5-12-24/h1-9,11-16,27-28,31H,10,17-23H2,(H,39,49)(H,41,45)(H,42,48)(H,46,47)(H4,37,38,40)/t27-,28+,31+/m1/s1. The third kappa shape index (κ3) is 11.1. The Morgan fingerprint density at radius 2 is 1.43 bits per heavy atom. The second-order valence-electron chi connectivity index (χ2n) is 11.9. The molecule has 3 aromatic rings. The molecule has 8 N–H and O–H groups in total. The Bertz CT molecular complexity index is 1700. The topological polar surface area (TPSA) is 230 Å². The predicted molar refractivity (Wildman–Crippen MR) is 187 cm³/mol. The second kappa shape index (κ2) is 18.5. The SMILES string of the molecule is NC(N)=NCCC[C@H]1C(=O)N(CC(=O)N[C@H](CC(=O)O)C(=O)N[C@H](C(=O)NCCc2ccccc2)c2ccccc2)C(=O)N1Cc1ccccc1. The van der Waals surface area contributed by atoms with Crippen molar-refractivity contribution in [3.63, 3.8) is 0 Å². The summed E-state index contributed by atoms with van der Waals surface area (Å²) in [6.45, 7) is -0.180. The quantitative estimate of drug-likeness (QED) is 0.0482. The van der Waals surface area contributed by atoms with Crippen LogP contribution in [0.5, 0.6) is 0 Å². The maximum atomic E-state index is 13.5. The zero-order chi connectivity index (χ0) is 36.8. The molecule has 1 saturated heterocycles. The molecule has 1 fully saturated rings. The lowest BCUT2D eigenvalue weighted by Gasteiger charge is -2.23. The molecule has 1 aliphatic heterocycles. The molecule has 268 valence electrons. The molecule has 4 rings (SSSR count). The maximum Gasteiger partial charge on any atom is 0.328 e. The van der Waals surface area contributed by atoms with Crippen LogP contribution in [0.15, 0.2) is 96.0 Å². The van der Waals surface area contributed by atoms with E-state index < -0.39 is 66.7 Å². The van der Waals surface area contributed by atoms with Gasteiger partial charge < -0.3 is 37.4 Å². The van der Waals surface area contributed by atoms with E-state index in [9.17, 15) is 33.9 Å². The van der Waals surface area contributed by atoms with Gasteiger partial charge in [-0.15, -0.1) is 0 Å². The Balaban J connectivity index is 1.45. The van der Waals surface area contributed by atoms with Crippen LogP contribution in [0, 0.1) is 0 Å². The minimum atomic E-state index is -1.64. The number of aliphatic imine (C=N–C) groups is 1. The number of carboxylic acid groups (broad SMARTS) is 1. The Morgan fingerprint density at radius 3 is 2.04 bits per heavy atom. The molecular formula is C36H42N8O7. The number of carbonyl (C=O) groups is 6. The summed E-state index contributed by atoms with van der Waals surface area (Å²) in [6, 6.07) is 22.4. The number of nitrogens with one attached hydrogen (secondary N) is 3. The van der Waals surface area contributed by atoms with Crippen LogP contribution in [0.25, 0.3) is 0 Å². The molecule has 0 aliphatic carbocycles. The number of nitrogens with two attached hydrogens (primary N) is 2. The van der Waals surface area contributed by atoms with E-state index in [4.69, 9.17) is 11.5 Å². The van der Waals surface area contributed by atoms with Gasteiger partial charge >= 0.3 is 12.0 Å². The van der Waals surface area contributed by atoms with Gasteiger partial charge in [-0.05, 0) is 36.0 Å². The first-order valence-corrected chi connectivity index (χ1v) is 16.4. The van der Waals surface area contributed by atoms with E-state index in [1.807, 2.05) is 36.4 Å². The van der Waals surface area contributed by atoms with Crippen LogP contribution in [-0.4, -0.2) is 88.2 Å². The number of imide groups is 1. The molecular weight excluding hydrogens is 656 g/mol. The molecule has 0 saturated carbocycles. The number of carboxylic acids is 1. The van der Waals surface area contributed by atoms with E-state index in [-0.39, 0.29) is 32.0 Å². The van der Waals surface area contributed by atoms with Crippen LogP contribution in [0.1, 0.15) is 42.0 Å². The predicted octanol–water partition coefficient (Wildman–Crippen LogP) is 1.05. The molecule has 51 heavy (non-hydrogen) atoms. The summed E-state index contributed by atoms with van der Waals surface area (Å²) < 4.78 is 0. The van der Waals surface area contributed by atoms with Gasteiger partial charge in [0.25, 0.3) is 5.91 Å². The minimum Gasteiger partial charge on any atom is -0.481 e. The number of guanidine groups is 1. The number of hydrogen-bond donors (Lipinski definition) is 6. The average Bonchev–Trinajstić information content (AvgIpc) is 3.32. The van der Waals surface area contributed by atoms with Crippen LogP contribution >= 0.6 is 0 Å². The van der Waals surface area contributed by atoms with Crippen molar-refractivity contribution in [2.45, 2.75) is 50.4 Å². The van der Waals surface area contributed by atoms with E-state index >= 15 is 0 Å². The molecule has 0 aromatic heterocycles. The molecule has 15 heteroatoms. The van der Waals surface area contributed by atoms with Gasteiger partial charge in [-0.2, -0.15) is 0 Å². The van der Waals surface area contributed by atoms with E-state index in [1.54, 1.807) is 54.6 Å². The zero-order valence-corrected chi connectivity index (χ0v) is 27.9. The summed E-state index contributed by atoms with van der Waals surface area (Å²) in [5.41, 5.74) is 13.0. The van der Waals surface area contributed by atoms with Crippen molar-refractivity contribution in [3.05, 3.63) is 108 Å². The maximum absolute atomic E-state index is 13.5. The number of rotatable bonds is 18. The van der Waals surface area contributed by atoms with Crippen molar-refractivity contribution in [1.82, 2.24) is 25.8 Å². The lowest BCUT2D eigenvalue weighted by molar-refractivity contribution is -0.141. The van der Waals surface area contributed by atoms with Crippen molar-refractivity contribution in [3.8, 4) is 0 Å². The fourth-order valence-electron chi connectivity index (χ4n) is 5.60. The number of urea groups is 1. The van der Waals surface area contributed by atoms with Gasteiger partial charge in [-0.25, -0.2) is 4.79 Å². The minimum absolute atomic E-state index is 0.0921. The van der Waals surface area contributed by atoms with E-state index in [0.29, 0.717) is 18.4 Å². The van der Waals surface area contributed by atoms with Crippen LogP contribution < -0.4 is 27.4 Å². The normalized spacial score (nSPS) is 15.1. The Labute approximate surface area is 295 Å². The summed E-state index contributed by atoms with van der Waals surface area (Å²) in [4.78, 5) is 85.0. The van der Waals surface area contributed by atoms with Crippen LogP contribution in [0.3, 0.4) is 0 Å². The largest absolute Gasteiger partial charge is 0.481 e. The van der Waals surface area contributed by atoms with Crippen molar-refractivity contribution in [1.29, 1.82) is 0 Å². The Kier molecular flexibility index (Phi) is 13.6. The van der Waals surface area contributed by atoms with E-state index in [1.165, 1.54) is 4.90 Å². The van der Waals surface area contributed by atoms with Gasteiger partial charge in [-0.1, -0.05) is 91.0 Å². The van der Waals surface area contributed by atoms with Crippen molar-refractivity contribution in [2.24, 2.45) is 16.5 Å². The van der Waals surface area contributed by atoms with Gasteiger partial charge in [0.05, 0.1) is 6.42 Å². The highest BCUT2D eigenvalue weighted by molar-refractivity contribution is 6.07. The molecule has 0 radical (unpaired) electrons. The number of carbonyl (C=O) groups excluding carboxylic acids is 5. The number of hydrogen-bond acceptors (Lipinski definition) is 7. The molecule has 0 unspecified atom stereocenters. The summed E-state index contributed by atoms with van der Waals surface area (Å²) in [7, 11) is 0. The number of amides is 6. The molecule has 0 spiro atoms. The average molecular weight is 699 g/mol. The Morgan fingerprint density at radius 1 is 0.824 bits per heavy atom. The lowest BCUT2D eigenvalue weighted by Crippen LogP contribution is -2.53. The molecule has 6 amide bonds. The first kappa shape index (κ1) is 37.6. The fourth-order valence-corrected chi connectivity index (χ4v) is 5.60. The first-order chi connectivity index (χ1) is 24.5. The summed E-state index contributed by atoms with van der Waals surface area (Å²) in [5.74, 6) is -4.57. The molecule has 1 heterocycles. The number of aliphatic carboxylic acids is 1. The van der Waals surface area contributed by atoms with Crippen LogP contribution in [0.2, 0.25) is 0 Å².